The van der Waals surface area contributed by atoms with Crippen molar-refractivity contribution >= 4 is 28.1 Å². The summed E-state index contributed by atoms with van der Waals surface area (Å²) in [5, 5.41) is 3.84. The number of nitrogens with one attached hydrogen (secondary N) is 2. The van der Waals surface area contributed by atoms with Gasteiger partial charge in [0, 0.05) is 0 Å². The molecule has 0 atom stereocenters. The van der Waals surface area contributed by atoms with Gasteiger partial charge in [0.15, 0.2) is 11.5 Å². The van der Waals surface area contributed by atoms with E-state index in [9.17, 15) is 18.0 Å². The van der Waals surface area contributed by atoms with Crippen molar-refractivity contribution in [2.45, 2.75) is 18.7 Å². The maximum Gasteiger partial charge on any atom is 0.343 e. The van der Waals surface area contributed by atoms with Gasteiger partial charge in [0.25, 0.3) is 5.91 Å². The summed E-state index contributed by atoms with van der Waals surface area (Å²) in [6.45, 7) is 4.02. The van der Waals surface area contributed by atoms with Crippen molar-refractivity contribution in [2.24, 2.45) is 5.10 Å². The molecule has 0 saturated heterocycles. The molecule has 11 heteroatoms. The third-order valence-corrected chi connectivity index (χ3v) is 6.17. The molecule has 0 bridgehead atoms. The van der Waals surface area contributed by atoms with Crippen molar-refractivity contribution < 1.29 is 32.2 Å². The molecule has 10 nitrogen and oxygen atoms in total. The van der Waals surface area contributed by atoms with Crippen molar-refractivity contribution in [3.05, 3.63) is 83.9 Å². The Morgan fingerprint density at radius 2 is 1.59 bits per heavy atom. The van der Waals surface area contributed by atoms with Gasteiger partial charge < -0.3 is 14.2 Å². The Morgan fingerprint density at radius 3 is 2.27 bits per heavy atom. The van der Waals surface area contributed by atoms with Gasteiger partial charge in [-0.15, -0.1) is 0 Å². The van der Waals surface area contributed by atoms with Gasteiger partial charge in [0.05, 0.1) is 36.4 Å². The second-order valence-electron chi connectivity index (χ2n) is 7.42. The third kappa shape index (κ3) is 8.16. The number of hydrogen-bond acceptors (Lipinski definition) is 8. The van der Waals surface area contributed by atoms with E-state index in [4.69, 9.17) is 14.2 Å². The topological polar surface area (TPSA) is 132 Å². The van der Waals surface area contributed by atoms with Crippen LogP contribution >= 0.6 is 0 Å². The minimum absolute atomic E-state index is 0.0538. The monoisotopic (exact) mass is 525 g/mol. The number of hydrazone groups is 1. The predicted octanol–water partition coefficient (Wildman–Crippen LogP) is 3.13. The first kappa shape index (κ1) is 27.4. The summed E-state index contributed by atoms with van der Waals surface area (Å²) in [6, 6.07) is 19.1. The van der Waals surface area contributed by atoms with E-state index in [0.717, 1.165) is 0 Å². The molecule has 194 valence electrons. The molecule has 0 radical (unpaired) electrons. The molecule has 0 aliphatic carbocycles. The molecule has 3 aromatic carbocycles. The summed E-state index contributed by atoms with van der Waals surface area (Å²) < 4.78 is 43.0. The van der Waals surface area contributed by atoms with E-state index in [-0.39, 0.29) is 10.6 Å². The summed E-state index contributed by atoms with van der Waals surface area (Å²) in [6.07, 6.45) is 1.35. The summed E-state index contributed by atoms with van der Waals surface area (Å²) in [7, 11) is -3.81. The average Bonchev–Trinajstić information content (AvgIpc) is 2.90. The summed E-state index contributed by atoms with van der Waals surface area (Å²) in [4.78, 5) is 24.6. The van der Waals surface area contributed by atoms with Crippen molar-refractivity contribution in [3.8, 4) is 17.2 Å². The van der Waals surface area contributed by atoms with E-state index in [1.165, 1.54) is 18.3 Å². The number of benzene rings is 3. The molecule has 0 aliphatic heterocycles. The number of ether oxygens (including phenoxy) is 3. The van der Waals surface area contributed by atoms with Crippen molar-refractivity contribution in [2.75, 3.05) is 19.8 Å². The quantitative estimate of drug-likeness (QED) is 0.161. The predicted molar refractivity (Wildman–Crippen MR) is 138 cm³/mol. The summed E-state index contributed by atoms with van der Waals surface area (Å²) in [5.74, 6) is -0.0272. The zero-order chi connectivity index (χ0) is 26.7. The molecular weight excluding hydrogens is 498 g/mol. The Kier molecular flexibility index (Phi) is 9.76. The summed E-state index contributed by atoms with van der Waals surface area (Å²) in [5.41, 5.74) is 3.16. The fourth-order valence-electron chi connectivity index (χ4n) is 3.03. The van der Waals surface area contributed by atoms with E-state index >= 15 is 0 Å². The van der Waals surface area contributed by atoms with E-state index < -0.39 is 28.4 Å². The van der Waals surface area contributed by atoms with Crippen LogP contribution in [-0.2, 0) is 14.8 Å². The lowest BCUT2D eigenvalue weighted by Crippen LogP contribution is -2.34. The zero-order valence-electron chi connectivity index (χ0n) is 20.3. The van der Waals surface area contributed by atoms with Crippen molar-refractivity contribution in [1.82, 2.24) is 10.1 Å². The van der Waals surface area contributed by atoms with E-state index in [1.54, 1.807) is 67.6 Å². The van der Waals surface area contributed by atoms with E-state index in [2.05, 4.69) is 15.2 Å². The maximum atomic E-state index is 12.6. The van der Waals surface area contributed by atoms with Crippen LogP contribution in [0.3, 0.4) is 0 Å². The number of carbonyl (C=O) groups is 2. The SMILES string of the molecule is CCOc1ccc(C(=O)Oc2ccc(C=NNC(=O)CNS(=O)(=O)c3ccccc3)cc2OCC)cc1. The molecule has 0 aliphatic rings. The highest BCUT2D eigenvalue weighted by atomic mass is 32.2. The highest BCUT2D eigenvalue weighted by molar-refractivity contribution is 7.89. The second-order valence-corrected chi connectivity index (χ2v) is 9.18. The third-order valence-electron chi connectivity index (χ3n) is 4.75. The molecular formula is C26H27N3O7S. The molecule has 0 heterocycles. The fraction of sp³-hybridized carbons (Fsp3) is 0.192. The van der Waals surface area contributed by atoms with Crippen LogP contribution in [0.15, 0.2) is 82.8 Å². The van der Waals surface area contributed by atoms with Gasteiger partial charge in [-0.05, 0) is 74.0 Å². The largest absolute Gasteiger partial charge is 0.494 e. The molecule has 0 saturated carbocycles. The van der Waals surface area contributed by atoms with Gasteiger partial charge in [-0.25, -0.2) is 23.4 Å². The number of amides is 1. The lowest BCUT2D eigenvalue weighted by atomic mass is 10.2. The second kappa shape index (κ2) is 13.2. The van der Waals surface area contributed by atoms with Crippen LogP contribution in [0.2, 0.25) is 0 Å². The molecule has 0 aromatic heterocycles. The minimum atomic E-state index is -3.81. The first-order valence-corrected chi connectivity index (χ1v) is 12.9. The number of nitrogens with zero attached hydrogens (tertiary/aromatic N) is 1. The average molecular weight is 526 g/mol. The van der Waals surface area contributed by atoms with Gasteiger partial charge in [-0.1, -0.05) is 18.2 Å². The molecule has 2 N–H and O–H groups in total. The Bertz CT molecular complexity index is 1340. The molecule has 0 spiro atoms. The van der Waals surface area contributed by atoms with Crippen LogP contribution in [0.1, 0.15) is 29.8 Å². The van der Waals surface area contributed by atoms with Gasteiger partial charge in [0.1, 0.15) is 5.75 Å². The van der Waals surface area contributed by atoms with Crippen LogP contribution in [-0.4, -0.2) is 46.3 Å². The first-order chi connectivity index (χ1) is 17.8. The highest BCUT2D eigenvalue weighted by Crippen LogP contribution is 2.29. The van der Waals surface area contributed by atoms with E-state index in [1.807, 2.05) is 6.92 Å². The number of carbonyl (C=O) groups excluding carboxylic acids is 2. The van der Waals surface area contributed by atoms with Crippen molar-refractivity contribution in [1.29, 1.82) is 0 Å². The number of hydrogen-bond donors (Lipinski definition) is 2. The Morgan fingerprint density at radius 1 is 0.892 bits per heavy atom. The maximum absolute atomic E-state index is 12.6. The van der Waals surface area contributed by atoms with Crippen LogP contribution in [0.4, 0.5) is 0 Å². The fourth-order valence-corrected chi connectivity index (χ4v) is 4.04. The molecule has 1 amide bonds. The molecule has 3 aromatic rings. The van der Waals surface area contributed by atoms with Gasteiger partial charge in [0.2, 0.25) is 10.0 Å². The van der Waals surface area contributed by atoms with Crippen molar-refractivity contribution in [3.63, 3.8) is 0 Å². The van der Waals surface area contributed by atoms with Gasteiger partial charge in [-0.3, -0.25) is 4.79 Å². The molecule has 0 unspecified atom stereocenters. The van der Waals surface area contributed by atoms with Crippen LogP contribution in [0, 0.1) is 0 Å². The minimum Gasteiger partial charge on any atom is -0.494 e. The van der Waals surface area contributed by atoms with Crippen LogP contribution in [0.25, 0.3) is 0 Å². The zero-order valence-corrected chi connectivity index (χ0v) is 21.2. The number of sulfonamides is 1. The normalized spacial score (nSPS) is 11.2. The van der Waals surface area contributed by atoms with Crippen LogP contribution in [0.5, 0.6) is 17.2 Å². The smallest absolute Gasteiger partial charge is 0.343 e. The van der Waals surface area contributed by atoms with Crippen LogP contribution < -0.4 is 24.4 Å². The van der Waals surface area contributed by atoms with Gasteiger partial charge in [-0.2, -0.15) is 5.10 Å². The number of esters is 1. The Hall–Kier alpha value is -4.22. The lowest BCUT2D eigenvalue weighted by Gasteiger charge is -2.11. The number of rotatable bonds is 12. The highest BCUT2D eigenvalue weighted by Gasteiger charge is 2.15. The summed E-state index contributed by atoms with van der Waals surface area (Å²) >= 11 is 0. The Balaban J connectivity index is 1.59. The molecule has 37 heavy (non-hydrogen) atoms. The lowest BCUT2D eigenvalue weighted by molar-refractivity contribution is -0.119. The first-order valence-electron chi connectivity index (χ1n) is 11.4. The van der Waals surface area contributed by atoms with Gasteiger partial charge >= 0.3 is 5.97 Å². The molecule has 0 fully saturated rings. The van der Waals surface area contributed by atoms with E-state index in [0.29, 0.717) is 35.8 Å². The Labute approximate surface area is 215 Å². The standard InChI is InChI=1S/C26H27N3O7S/c1-3-34-21-13-11-20(12-14-21)26(31)36-23-15-10-19(16-24(23)35-4-2)17-27-29-25(30)18-28-37(32,33)22-8-6-5-7-9-22/h5-17,28H,3-4,18H2,1-2H3,(H,29,30). The molecule has 3 rings (SSSR count).